The SMILES string of the molecule is CC(C)C(=O)c1c(O)cc(O[C@@H]2O[C@@H](CO)[C@H](O)[C@@H](O)[C@H]2O)cc1O. The number of aliphatic hydroxyl groups is 4. The first-order valence-corrected chi connectivity index (χ1v) is 7.74. The summed E-state index contributed by atoms with van der Waals surface area (Å²) in [4.78, 5) is 12.0. The van der Waals surface area contributed by atoms with Crippen molar-refractivity contribution in [2.24, 2.45) is 5.92 Å². The molecule has 0 aromatic heterocycles. The van der Waals surface area contributed by atoms with Crippen molar-refractivity contribution in [3.8, 4) is 17.2 Å². The molecule has 0 bridgehead atoms. The fraction of sp³-hybridized carbons (Fsp3) is 0.562. The molecule has 1 aliphatic heterocycles. The molecule has 9 heteroatoms. The molecular formula is C16H22O9. The van der Waals surface area contributed by atoms with Gasteiger partial charge in [0, 0.05) is 18.1 Å². The smallest absolute Gasteiger partial charge is 0.229 e. The normalized spacial score (nSPS) is 29.6. The molecule has 1 aliphatic rings. The second-order valence-electron chi connectivity index (χ2n) is 6.17. The Balaban J connectivity index is 2.24. The van der Waals surface area contributed by atoms with Crippen LogP contribution in [-0.4, -0.2) is 73.7 Å². The van der Waals surface area contributed by atoms with Crippen molar-refractivity contribution in [1.82, 2.24) is 0 Å². The molecule has 0 aliphatic carbocycles. The topological polar surface area (TPSA) is 157 Å². The van der Waals surface area contributed by atoms with E-state index in [9.17, 15) is 30.3 Å². The van der Waals surface area contributed by atoms with Gasteiger partial charge in [0.15, 0.2) is 5.78 Å². The largest absolute Gasteiger partial charge is 0.507 e. The minimum absolute atomic E-state index is 0.139. The van der Waals surface area contributed by atoms with Gasteiger partial charge in [-0.25, -0.2) is 0 Å². The first-order chi connectivity index (χ1) is 11.7. The summed E-state index contributed by atoms with van der Waals surface area (Å²) < 4.78 is 10.5. The van der Waals surface area contributed by atoms with Gasteiger partial charge < -0.3 is 40.1 Å². The Morgan fingerprint density at radius 2 is 1.68 bits per heavy atom. The van der Waals surface area contributed by atoms with E-state index in [0.717, 1.165) is 12.1 Å². The molecule has 5 atom stereocenters. The van der Waals surface area contributed by atoms with Gasteiger partial charge in [-0.1, -0.05) is 13.8 Å². The highest BCUT2D eigenvalue weighted by molar-refractivity contribution is 6.02. The summed E-state index contributed by atoms with van der Waals surface area (Å²) in [6.45, 7) is 2.60. The molecule has 6 N–H and O–H groups in total. The molecule has 0 amide bonds. The summed E-state index contributed by atoms with van der Waals surface area (Å²) in [5.74, 6) is -2.08. The first-order valence-electron chi connectivity index (χ1n) is 7.74. The maximum absolute atomic E-state index is 12.0. The minimum atomic E-state index is -1.64. The van der Waals surface area contributed by atoms with Crippen LogP contribution < -0.4 is 4.74 Å². The first kappa shape index (κ1) is 19.4. The number of carbonyl (C=O) groups excluding carboxylic acids is 1. The molecule has 0 radical (unpaired) electrons. The summed E-state index contributed by atoms with van der Waals surface area (Å²) in [5, 5.41) is 58.5. The van der Waals surface area contributed by atoms with E-state index in [-0.39, 0.29) is 11.3 Å². The maximum atomic E-state index is 12.0. The summed E-state index contributed by atoms with van der Waals surface area (Å²) in [6, 6.07) is 2.10. The number of hydrogen-bond donors (Lipinski definition) is 6. The van der Waals surface area contributed by atoms with Crippen LogP contribution in [0.1, 0.15) is 24.2 Å². The number of Topliss-reactive ketones (excluding diaryl/α,β-unsaturated/α-hetero) is 1. The Hall–Kier alpha value is -1.91. The van der Waals surface area contributed by atoms with Gasteiger partial charge in [-0.3, -0.25) is 4.79 Å². The average Bonchev–Trinajstić information content (AvgIpc) is 2.54. The van der Waals surface area contributed by atoms with Crippen molar-refractivity contribution in [1.29, 1.82) is 0 Å². The van der Waals surface area contributed by atoms with E-state index in [1.807, 2.05) is 0 Å². The average molecular weight is 358 g/mol. The lowest BCUT2D eigenvalue weighted by molar-refractivity contribution is -0.277. The quantitative estimate of drug-likeness (QED) is 0.368. The number of aliphatic hydroxyl groups excluding tert-OH is 4. The molecule has 1 heterocycles. The van der Waals surface area contributed by atoms with E-state index in [1.54, 1.807) is 13.8 Å². The van der Waals surface area contributed by atoms with Crippen LogP contribution in [0.25, 0.3) is 0 Å². The van der Waals surface area contributed by atoms with Gasteiger partial charge in [-0.2, -0.15) is 0 Å². The van der Waals surface area contributed by atoms with Crippen molar-refractivity contribution in [2.75, 3.05) is 6.61 Å². The van der Waals surface area contributed by atoms with Crippen molar-refractivity contribution < 1.29 is 44.9 Å². The van der Waals surface area contributed by atoms with E-state index < -0.39 is 60.5 Å². The summed E-state index contributed by atoms with van der Waals surface area (Å²) >= 11 is 0. The molecule has 1 saturated heterocycles. The Bertz CT molecular complexity index is 605. The minimum Gasteiger partial charge on any atom is -0.507 e. The lowest BCUT2D eigenvalue weighted by Gasteiger charge is -2.39. The molecule has 0 spiro atoms. The van der Waals surface area contributed by atoms with Crippen LogP contribution in [0, 0.1) is 5.92 Å². The van der Waals surface area contributed by atoms with Gasteiger partial charge in [0.25, 0.3) is 0 Å². The molecular weight excluding hydrogens is 336 g/mol. The highest BCUT2D eigenvalue weighted by Gasteiger charge is 2.44. The Morgan fingerprint density at radius 1 is 1.12 bits per heavy atom. The number of rotatable bonds is 5. The van der Waals surface area contributed by atoms with Crippen LogP contribution in [0.15, 0.2) is 12.1 Å². The molecule has 0 unspecified atom stereocenters. The van der Waals surface area contributed by atoms with E-state index in [0.29, 0.717) is 0 Å². The third-order valence-electron chi connectivity index (χ3n) is 3.94. The molecule has 1 fully saturated rings. The van der Waals surface area contributed by atoms with E-state index in [1.165, 1.54) is 0 Å². The van der Waals surface area contributed by atoms with Crippen molar-refractivity contribution >= 4 is 5.78 Å². The van der Waals surface area contributed by atoms with Gasteiger partial charge >= 0.3 is 0 Å². The maximum Gasteiger partial charge on any atom is 0.229 e. The predicted molar refractivity (Wildman–Crippen MR) is 83.3 cm³/mol. The van der Waals surface area contributed by atoms with Gasteiger partial charge in [-0.05, 0) is 0 Å². The third kappa shape index (κ3) is 3.86. The number of phenols is 2. The number of carbonyl (C=O) groups is 1. The highest BCUT2D eigenvalue weighted by Crippen LogP contribution is 2.35. The number of aromatic hydroxyl groups is 2. The Kier molecular flexibility index (Phi) is 5.86. The monoisotopic (exact) mass is 358 g/mol. The second-order valence-corrected chi connectivity index (χ2v) is 6.17. The number of phenolic OH excluding ortho intramolecular Hbond substituents is 2. The van der Waals surface area contributed by atoms with Crippen LogP contribution >= 0.6 is 0 Å². The number of ether oxygens (including phenoxy) is 2. The molecule has 1 aromatic rings. The fourth-order valence-electron chi connectivity index (χ4n) is 2.49. The predicted octanol–water partition coefficient (Wildman–Crippen LogP) is -0.885. The summed E-state index contributed by atoms with van der Waals surface area (Å²) in [7, 11) is 0. The highest BCUT2D eigenvalue weighted by atomic mass is 16.7. The summed E-state index contributed by atoms with van der Waals surface area (Å²) in [6.07, 6.45) is -7.43. The number of ketones is 1. The molecule has 25 heavy (non-hydrogen) atoms. The Labute approximate surface area is 143 Å². The van der Waals surface area contributed by atoms with Crippen molar-refractivity contribution in [3.05, 3.63) is 17.7 Å². The molecule has 0 saturated carbocycles. The van der Waals surface area contributed by atoms with E-state index in [2.05, 4.69) is 0 Å². The zero-order valence-corrected chi connectivity index (χ0v) is 13.7. The van der Waals surface area contributed by atoms with Crippen molar-refractivity contribution in [2.45, 2.75) is 44.6 Å². The lowest BCUT2D eigenvalue weighted by Crippen LogP contribution is -2.60. The van der Waals surface area contributed by atoms with Crippen LogP contribution in [-0.2, 0) is 4.74 Å². The molecule has 1 aromatic carbocycles. The van der Waals surface area contributed by atoms with E-state index in [4.69, 9.17) is 14.6 Å². The van der Waals surface area contributed by atoms with Crippen LogP contribution in [0.4, 0.5) is 0 Å². The molecule has 140 valence electrons. The van der Waals surface area contributed by atoms with Gasteiger partial charge in [0.1, 0.15) is 47.2 Å². The van der Waals surface area contributed by atoms with Gasteiger partial charge in [-0.15, -0.1) is 0 Å². The third-order valence-corrected chi connectivity index (χ3v) is 3.94. The zero-order chi connectivity index (χ0) is 18.9. The lowest BCUT2D eigenvalue weighted by atomic mass is 9.98. The van der Waals surface area contributed by atoms with Crippen molar-refractivity contribution in [3.63, 3.8) is 0 Å². The van der Waals surface area contributed by atoms with Crippen LogP contribution in [0.3, 0.4) is 0 Å². The summed E-state index contributed by atoms with van der Waals surface area (Å²) in [5.41, 5.74) is -0.254. The second kappa shape index (κ2) is 7.54. The number of benzene rings is 1. The van der Waals surface area contributed by atoms with Crippen LogP contribution in [0.2, 0.25) is 0 Å². The fourth-order valence-corrected chi connectivity index (χ4v) is 2.49. The molecule has 2 rings (SSSR count). The standard InChI is InChI=1S/C16H22O9/c1-6(2)12(20)11-8(18)3-7(4-9(11)19)24-16-15(23)14(22)13(21)10(5-17)25-16/h3-4,6,10,13-19,21-23H,5H2,1-2H3/t10-,13-,14+,15+,16+/m0/s1. The van der Waals surface area contributed by atoms with Crippen LogP contribution in [0.5, 0.6) is 17.2 Å². The number of hydrogen-bond acceptors (Lipinski definition) is 9. The van der Waals surface area contributed by atoms with Gasteiger partial charge in [0.05, 0.1) is 6.61 Å². The zero-order valence-electron chi connectivity index (χ0n) is 13.7. The van der Waals surface area contributed by atoms with Gasteiger partial charge in [0.2, 0.25) is 6.29 Å². The van der Waals surface area contributed by atoms with E-state index >= 15 is 0 Å². The Morgan fingerprint density at radius 3 is 2.16 bits per heavy atom. The molecule has 9 nitrogen and oxygen atoms in total.